The summed E-state index contributed by atoms with van der Waals surface area (Å²) in [5, 5.41) is 12.0. The quantitative estimate of drug-likeness (QED) is 0.801. The molecule has 102 valence electrons. The van der Waals surface area contributed by atoms with Gasteiger partial charge in [0.2, 0.25) is 0 Å². The van der Waals surface area contributed by atoms with E-state index in [4.69, 9.17) is 5.11 Å². The summed E-state index contributed by atoms with van der Waals surface area (Å²) in [7, 11) is 0. The van der Waals surface area contributed by atoms with Crippen LogP contribution in [-0.4, -0.2) is 23.0 Å². The highest BCUT2D eigenvalue weighted by atomic mass is 127. The van der Waals surface area contributed by atoms with Crippen molar-refractivity contribution in [1.82, 2.24) is 5.32 Å². The predicted molar refractivity (Wildman–Crippen MR) is 80.1 cm³/mol. The Labute approximate surface area is 125 Å². The van der Waals surface area contributed by atoms with Gasteiger partial charge in [-0.1, -0.05) is 18.1 Å². The van der Waals surface area contributed by atoms with E-state index in [0.717, 1.165) is 22.0 Å². The second kappa shape index (κ2) is 5.90. The van der Waals surface area contributed by atoms with Gasteiger partial charge >= 0.3 is 5.97 Å². The van der Waals surface area contributed by atoms with Gasteiger partial charge in [-0.3, -0.25) is 9.59 Å². The molecular weight excluding hydrogens is 357 g/mol. The summed E-state index contributed by atoms with van der Waals surface area (Å²) in [6.07, 6.45) is 2.24. The molecule has 0 unspecified atom stereocenters. The predicted octanol–water partition coefficient (Wildman–Crippen LogP) is 2.58. The van der Waals surface area contributed by atoms with Crippen molar-refractivity contribution in [2.24, 2.45) is 5.92 Å². The summed E-state index contributed by atoms with van der Waals surface area (Å²) in [6.45, 7) is 1.93. The van der Waals surface area contributed by atoms with Crippen LogP contribution < -0.4 is 5.32 Å². The van der Waals surface area contributed by atoms with Crippen LogP contribution in [0.2, 0.25) is 0 Å². The smallest absolute Gasteiger partial charge is 0.308 e. The third-order valence-electron chi connectivity index (χ3n) is 3.52. The van der Waals surface area contributed by atoms with Crippen molar-refractivity contribution in [2.75, 3.05) is 0 Å². The van der Waals surface area contributed by atoms with E-state index in [1.165, 1.54) is 0 Å². The number of carbonyl (C=O) groups excluding carboxylic acids is 1. The number of carbonyl (C=O) groups is 2. The minimum Gasteiger partial charge on any atom is -0.481 e. The number of rotatable bonds is 3. The second-order valence-corrected chi connectivity index (χ2v) is 6.10. The number of aliphatic carboxylic acids is 1. The lowest BCUT2D eigenvalue weighted by Crippen LogP contribution is -2.40. The lowest BCUT2D eigenvalue weighted by atomic mass is 10.0. The van der Waals surface area contributed by atoms with Crippen LogP contribution in [0, 0.1) is 16.4 Å². The van der Waals surface area contributed by atoms with E-state index in [9.17, 15) is 9.59 Å². The SMILES string of the molecule is Cc1ccc(I)c(C(=O)N[C@@H]2CCC[C@@H]2C(=O)O)c1. The average Bonchev–Trinajstić information content (AvgIpc) is 2.80. The van der Waals surface area contributed by atoms with Crippen molar-refractivity contribution in [3.63, 3.8) is 0 Å². The monoisotopic (exact) mass is 373 g/mol. The third kappa shape index (κ3) is 3.26. The Bertz CT molecular complexity index is 515. The van der Waals surface area contributed by atoms with E-state index < -0.39 is 11.9 Å². The molecule has 1 aromatic carbocycles. The number of hydrogen-bond acceptors (Lipinski definition) is 2. The number of benzene rings is 1. The molecule has 0 aliphatic heterocycles. The standard InChI is InChI=1S/C14H16INO3/c1-8-5-6-11(15)10(7-8)13(17)16-12-4-2-3-9(12)14(18)19/h5-7,9,12H,2-4H2,1H3,(H,16,17)(H,18,19)/t9-,12+/m0/s1. The first kappa shape index (κ1) is 14.3. The molecule has 2 rings (SSSR count). The van der Waals surface area contributed by atoms with E-state index in [-0.39, 0.29) is 11.9 Å². The Hall–Kier alpha value is -1.11. The largest absolute Gasteiger partial charge is 0.481 e. The number of carboxylic acid groups (broad SMARTS) is 1. The van der Waals surface area contributed by atoms with Crippen LogP contribution >= 0.6 is 22.6 Å². The van der Waals surface area contributed by atoms with E-state index in [1.807, 2.05) is 25.1 Å². The van der Waals surface area contributed by atoms with Gasteiger partial charge in [0.25, 0.3) is 5.91 Å². The fourth-order valence-electron chi connectivity index (χ4n) is 2.49. The molecule has 0 heterocycles. The van der Waals surface area contributed by atoms with Crippen molar-refractivity contribution in [3.05, 3.63) is 32.9 Å². The number of halogens is 1. The molecule has 5 heteroatoms. The van der Waals surface area contributed by atoms with Gasteiger partial charge in [-0.25, -0.2) is 0 Å². The van der Waals surface area contributed by atoms with E-state index in [2.05, 4.69) is 27.9 Å². The zero-order valence-corrected chi connectivity index (χ0v) is 12.8. The highest BCUT2D eigenvalue weighted by Crippen LogP contribution is 2.26. The van der Waals surface area contributed by atoms with Gasteiger partial charge in [0.15, 0.2) is 0 Å². The Kier molecular flexibility index (Phi) is 4.44. The lowest BCUT2D eigenvalue weighted by Gasteiger charge is -2.18. The number of amides is 1. The number of nitrogens with one attached hydrogen (secondary N) is 1. The fourth-order valence-corrected chi connectivity index (χ4v) is 3.07. The molecule has 0 aromatic heterocycles. The number of aryl methyl sites for hydroxylation is 1. The molecular formula is C14H16INO3. The van der Waals surface area contributed by atoms with Crippen LogP contribution in [0.4, 0.5) is 0 Å². The molecule has 1 aliphatic carbocycles. The lowest BCUT2D eigenvalue weighted by molar-refractivity contribution is -0.142. The summed E-state index contributed by atoms with van der Waals surface area (Å²) in [5.41, 5.74) is 1.64. The molecule has 0 bridgehead atoms. The molecule has 19 heavy (non-hydrogen) atoms. The zero-order chi connectivity index (χ0) is 14.0. The average molecular weight is 373 g/mol. The van der Waals surface area contributed by atoms with E-state index >= 15 is 0 Å². The zero-order valence-electron chi connectivity index (χ0n) is 10.6. The second-order valence-electron chi connectivity index (χ2n) is 4.94. The summed E-state index contributed by atoms with van der Waals surface area (Å²) >= 11 is 2.12. The first-order valence-corrected chi connectivity index (χ1v) is 7.36. The first-order valence-electron chi connectivity index (χ1n) is 6.29. The highest BCUT2D eigenvalue weighted by molar-refractivity contribution is 14.1. The fraction of sp³-hybridized carbons (Fsp3) is 0.429. The van der Waals surface area contributed by atoms with Gasteiger partial charge in [-0.15, -0.1) is 0 Å². The maximum atomic E-state index is 12.2. The van der Waals surface area contributed by atoms with Gasteiger partial charge in [-0.2, -0.15) is 0 Å². The van der Waals surface area contributed by atoms with Crippen molar-refractivity contribution in [1.29, 1.82) is 0 Å². The van der Waals surface area contributed by atoms with Gasteiger partial charge in [0.05, 0.1) is 11.5 Å². The molecule has 1 fully saturated rings. The third-order valence-corrected chi connectivity index (χ3v) is 4.46. The molecule has 1 aliphatic rings. The van der Waals surface area contributed by atoms with Gasteiger partial charge in [0, 0.05) is 9.61 Å². The first-order chi connectivity index (χ1) is 8.99. The number of hydrogen-bond donors (Lipinski definition) is 2. The normalized spacial score (nSPS) is 22.2. The maximum Gasteiger partial charge on any atom is 0.308 e. The van der Waals surface area contributed by atoms with E-state index in [1.54, 1.807) is 0 Å². The Morgan fingerprint density at radius 2 is 2.11 bits per heavy atom. The van der Waals surface area contributed by atoms with Gasteiger partial charge in [0.1, 0.15) is 0 Å². The minimum absolute atomic E-state index is 0.175. The summed E-state index contributed by atoms with van der Waals surface area (Å²) in [5.74, 6) is -1.44. The molecule has 0 spiro atoms. The van der Waals surface area contributed by atoms with Crippen LogP contribution in [0.5, 0.6) is 0 Å². The molecule has 2 atom stereocenters. The van der Waals surface area contributed by atoms with Crippen LogP contribution in [0.3, 0.4) is 0 Å². The maximum absolute atomic E-state index is 12.2. The van der Waals surface area contributed by atoms with Gasteiger partial charge in [-0.05, 0) is 54.5 Å². The molecule has 1 amide bonds. The van der Waals surface area contributed by atoms with Gasteiger partial charge < -0.3 is 10.4 Å². The molecule has 2 N–H and O–H groups in total. The van der Waals surface area contributed by atoms with Crippen LogP contribution in [-0.2, 0) is 4.79 Å². The minimum atomic E-state index is -0.818. The Morgan fingerprint density at radius 1 is 1.37 bits per heavy atom. The highest BCUT2D eigenvalue weighted by Gasteiger charge is 2.34. The molecule has 1 saturated carbocycles. The Balaban J connectivity index is 2.12. The van der Waals surface area contributed by atoms with Crippen LogP contribution in [0.1, 0.15) is 35.2 Å². The molecule has 0 radical (unpaired) electrons. The molecule has 0 saturated heterocycles. The molecule has 4 nitrogen and oxygen atoms in total. The topological polar surface area (TPSA) is 66.4 Å². The van der Waals surface area contributed by atoms with Crippen molar-refractivity contribution in [2.45, 2.75) is 32.2 Å². The van der Waals surface area contributed by atoms with Crippen LogP contribution in [0.25, 0.3) is 0 Å². The summed E-state index contributed by atoms with van der Waals surface area (Å²) in [6, 6.07) is 5.44. The van der Waals surface area contributed by atoms with E-state index in [0.29, 0.717) is 12.0 Å². The summed E-state index contributed by atoms with van der Waals surface area (Å²) in [4.78, 5) is 23.3. The summed E-state index contributed by atoms with van der Waals surface area (Å²) < 4.78 is 0.880. The van der Waals surface area contributed by atoms with Crippen molar-refractivity contribution in [3.8, 4) is 0 Å². The van der Waals surface area contributed by atoms with Crippen molar-refractivity contribution < 1.29 is 14.7 Å². The Morgan fingerprint density at radius 3 is 2.79 bits per heavy atom. The number of carboxylic acids is 1. The van der Waals surface area contributed by atoms with Crippen LogP contribution in [0.15, 0.2) is 18.2 Å². The molecule has 1 aromatic rings. The van der Waals surface area contributed by atoms with Crippen molar-refractivity contribution >= 4 is 34.5 Å².